The average Bonchev–Trinajstić information content (AvgIpc) is 2.58. The van der Waals surface area contributed by atoms with Gasteiger partial charge in [0.05, 0.1) is 7.11 Å². The summed E-state index contributed by atoms with van der Waals surface area (Å²) in [6.07, 6.45) is 1.22. The van der Waals surface area contributed by atoms with Gasteiger partial charge in [-0.05, 0) is 26.3 Å². The van der Waals surface area contributed by atoms with E-state index >= 15 is 0 Å². The van der Waals surface area contributed by atoms with Crippen LogP contribution in [-0.4, -0.2) is 13.2 Å². The highest BCUT2D eigenvalue weighted by Gasteiger charge is 2.28. The summed E-state index contributed by atoms with van der Waals surface area (Å²) in [5, 5.41) is 0. The molecule has 15 heavy (non-hydrogen) atoms. The number of hydrogen-bond donors (Lipinski definition) is 0. The maximum absolute atomic E-state index is 5.80. The fraction of sp³-hybridized carbons (Fsp3) is 0.500. The number of methoxy groups -OCH3 is 1. The second-order valence-electron chi connectivity index (χ2n) is 4.04. The van der Waals surface area contributed by atoms with Gasteiger partial charge >= 0.3 is 0 Å². The monoisotopic (exact) mass is 270 g/mol. The van der Waals surface area contributed by atoms with Crippen LogP contribution in [0, 0.1) is 13.8 Å². The summed E-state index contributed by atoms with van der Waals surface area (Å²) >= 11 is 3.61. The lowest BCUT2D eigenvalue weighted by molar-refractivity contribution is 0.243. The molecule has 1 aliphatic heterocycles. The number of halogens is 1. The molecule has 0 N–H and O–H groups in total. The molecule has 0 spiro atoms. The first kappa shape index (κ1) is 10.8. The highest BCUT2D eigenvalue weighted by molar-refractivity contribution is 9.10. The van der Waals surface area contributed by atoms with E-state index in [-0.39, 0.29) is 6.10 Å². The molecule has 0 radical (unpaired) electrons. The highest BCUT2D eigenvalue weighted by Crippen LogP contribution is 2.45. The van der Waals surface area contributed by atoms with Crippen molar-refractivity contribution in [2.24, 2.45) is 0 Å². The molecule has 3 heteroatoms. The maximum Gasteiger partial charge on any atom is 0.165 e. The number of fused-ring (bicyclic) bond motifs is 1. The van der Waals surface area contributed by atoms with Crippen LogP contribution in [0.4, 0.5) is 0 Å². The molecule has 0 bridgehead atoms. The lowest BCUT2D eigenvalue weighted by atomic mass is 10.0. The second kappa shape index (κ2) is 3.71. The third kappa shape index (κ3) is 1.53. The van der Waals surface area contributed by atoms with Gasteiger partial charge < -0.3 is 9.47 Å². The van der Waals surface area contributed by atoms with E-state index in [2.05, 4.69) is 29.8 Å². The molecule has 82 valence electrons. The van der Waals surface area contributed by atoms with Gasteiger partial charge in [-0.25, -0.2) is 0 Å². The van der Waals surface area contributed by atoms with Gasteiger partial charge in [-0.1, -0.05) is 15.9 Å². The van der Waals surface area contributed by atoms with E-state index < -0.39 is 0 Å². The minimum Gasteiger partial charge on any atom is -0.493 e. The minimum atomic E-state index is 0.251. The largest absolute Gasteiger partial charge is 0.493 e. The van der Waals surface area contributed by atoms with E-state index in [0.717, 1.165) is 28.0 Å². The number of rotatable bonds is 1. The lowest BCUT2D eigenvalue weighted by Gasteiger charge is -2.14. The normalized spacial score (nSPS) is 18.6. The Hall–Kier alpha value is -0.700. The van der Waals surface area contributed by atoms with Gasteiger partial charge in [0, 0.05) is 22.0 Å². The Balaban J connectivity index is 2.69. The van der Waals surface area contributed by atoms with Crippen molar-refractivity contribution in [1.29, 1.82) is 0 Å². The summed E-state index contributed by atoms with van der Waals surface area (Å²) in [6, 6.07) is 0. The molecule has 1 heterocycles. The molecular formula is C12H15BrO2. The minimum absolute atomic E-state index is 0.251. The first-order valence-corrected chi connectivity index (χ1v) is 5.87. The Kier molecular flexibility index (Phi) is 2.67. The van der Waals surface area contributed by atoms with Crippen molar-refractivity contribution >= 4 is 15.9 Å². The lowest BCUT2D eigenvalue weighted by Crippen LogP contribution is -2.05. The molecule has 2 nitrogen and oxygen atoms in total. The standard InChI is InChI=1S/C12H15BrO2/c1-6-5-9-7(2)10(13)8(3)11(14-4)12(9)15-6/h6H,5H2,1-4H3. The summed E-state index contributed by atoms with van der Waals surface area (Å²) in [6.45, 7) is 6.25. The quantitative estimate of drug-likeness (QED) is 0.779. The van der Waals surface area contributed by atoms with E-state index in [1.54, 1.807) is 7.11 Å². The van der Waals surface area contributed by atoms with Crippen LogP contribution in [0.2, 0.25) is 0 Å². The van der Waals surface area contributed by atoms with Crippen molar-refractivity contribution in [3.8, 4) is 11.5 Å². The van der Waals surface area contributed by atoms with Crippen LogP contribution in [0.1, 0.15) is 23.6 Å². The fourth-order valence-corrected chi connectivity index (χ4v) is 2.56. The zero-order valence-corrected chi connectivity index (χ0v) is 11.1. The summed E-state index contributed by atoms with van der Waals surface area (Å²) in [4.78, 5) is 0. The van der Waals surface area contributed by atoms with Crippen molar-refractivity contribution in [1.82, 2.24) is 0 Å². The van der Waals surface area contributed by atoms with Crippen molar-refractivity contribution in [3.63, 3.8) is 0 Å². The van der Waals surface area contributed by atoms with Gasteiger partial charge in [0.2, 0.25) is 0 Å². The number of ether oxygens (including phenoxy) is 2. The van der Waals surface area contributed by atoms with Crippen LogP contribution in [0.3, 0.4) is 0 Å². The zero-order chi connectivity index (χ0) is 11.2. The molecule has 1 atom stereocenters. The third-order valence-electron chi connectivity index (χ3n) is 2.95. The Labute approximate surface area is 98.7 Å². The van der Waals surface area contributed by atoms with Crippen molar-refractivity contribution < 1.29 is 9.47 Å². The summed E-state index contributed by atoms with van der Waals surface area (Å²) in [5.74, 6) is 1.80. The van der Waals surface area contributed by atoms with Crippen LogP contribution < -0.4 is 9.47 Å². The molecule has 1 aromatic carbocycles. The number of benzene rings is 1. The Morgan fingerprint density at radius 1 is 1.33 bits per heavy atom. The molecule has 0 amide bonds. The van der Waals surface area contributed by atoms with E-state index in [1.165, 1.54) is 11.1 Å². The van der Waals surface area contributed by atoms with Gasteiger partial charge in [-0.3, -0.25) is 0 Å². The second-order valence-corrected chi connectivity index (χ2v) is 4.83. The molecule has 0 saturated carbocycles. The first-order chi connectivity index (χ1) is 7.06. The third-order valence-corrected chi connectivity index (χ3v) is 4.14. The van der Waals surface area contributed by atoms with Gasteiger partial charge in [0.15, 0.2) is 11.5 Å². The van der Waals surface area contributed by atoms with Crippen LogP contribution >= 0.6 is 15.9 Å². The van der Waals surface area contributed by atoms with Crippen LogP contribution in [0.5, 0.6) is 11.5 Å². The van der Waals surface area contributed by atoms with E-state index in [9.17, 15) is 0 Å². The Morgan fingerprint density at radius 3 is 2.60 bits per heavy atom. The highest BCUT2D eigenvalue weighted by atomic mass is 79.9. The molecule has 2 rings (SSSR count). The number of hydrogen-bond acceptors (Lipinski definition) is 2. The molecule has 0 saturated heterocycles. The Morgan fingerprint density at radius 2 is 2.00 bits per heavy atom. The Bertz CT molecular complexity index is 413. The predicted molar refractivity (Wildman–Crippen MR) is 64.0 cm³/mol. The smallest absolute Gasteiger partial charge is 0.165 e. The maximum atomic E-state index is 5.80. The molecule has 1 aromatic rings. The molecular weight excluding hydrogens is 256 g/mol. The van der Waals surface area contributed by atoms with Crippen molar-refractivity contribution in [2.45, 2.75) is 33.3 Å². The topological polar surface area (TPSA) is 18.5 Å². The summed E-state index contributed by atoms with van der Waals surface area (Å²) in [7, 11) is 1.69. The SMILES string of the molecule is COc1c(C)c(Br)c(C)c2c1OC(C)C2. The van der Waals surface area contributed by atoms with E-state index in [0.29, 0.717) is 0 Å². The van der Waals surface area contributed by atoms with Gasteiger partial charge in [0.1, 0.15) is 6.10 Å². The van der Waals surface area contributed by atoms with Gasteiger partial charge in [-0.2, -0.15) is 0 Å². The predicted octanol–water partition coefficient (Wildman–Crippen LogP) is 3.40. The van der Waals surface area contributed by atoms with Crippen LogP contribution in [-0.2, 0) is 6.42 Å². The van der Waals surface area contributed by atoms with Gasteiger partial charge in [0.25, 0.3) is 0 Å². The zero-order valence-electron chi connectivity index (χ0n) is 9.48. The molecule has 1 unspecified atom stereocenters. The van der Waals surface area contributed by atoms with E-state index in [1.807, 2.05) is 6.92 Å². The van der Waals surface area contributed by atoms with Crippen molar-refractivity contribution in [2.75, 3.05) is 7.11 Å². The van der Waals surface area contributed by atoms with Gasteiger partial charge in [-0.15, -0.1) is 0 Å². The van der Waals surface area contributed by atoms with Crippen LogP contribution in [0.15, 0.2) is 4.47 Å². The van der Waals surface area contributed by atoms with Crippen molar-refractivity contribution in [3.05, 3.63) is 21.2 Å². The molecule has 1 aliphatic rings. The fourth-order valence-electron chi connectivity index (χ4n) is 2.14. The average molecular weight is 271 g/mol. The summed E-state index contributed by atoms with van der Waals surface area (Å²) in [5.41, 5.74) is 3.66. The summed E-state index contributed by atoms with van der Waals surface area (Å²) < 4.78 is 12.4. The molecule has 0 aromatic heterocycles. The molecule has 0 aliphatic carbocycles. The molecule has 0 fully saturated rings. The first-order valence-electron chi connectivity index (χ1n) is 5.08. The van der Waals surface area contributed by atoms with Crippen LogP contribution in [0.25, 0.3) is 0 Å². The van der Waals surface area contributed by atoms with E-state index in [4.69, 9.17) is 9.47 Å².